The van der Waals surface area contributed by atoms with Crippen LogP contribution in [-0.4, -0.2) is 67.5 Å². The van der Waals surface area contributed by atoms with Crippen molar-refractivity contribution in [1.29, 1.82) is 0 Å². The molecule has 0 aliphatic carbocycles. The maximum Gasteiger partial charge on any atom is 0.228 e. The van der Waals surface area contributed by atoms with E-state index in [9.17, 15) is 0 Å². The highest BCUT2D eigenvalue weighted by molar-refractivity contribution is 5.87. The zero-order valence-corrected chi connectivity index (χ0v) is 24.8. The highest BCUT2D eigenvalue weighted by Gasteiger charge is 2.36. The molecule has 3 aromatic rings. The summed E-state index contributed by atoms with van der Waals surface area (Å²) >= 11 is 0. The summed E-state index contributed by atoms with van der Waals surface area (Å²) < 4.78 is 2.26. The van der Waals surface area contributed by atoms with Gasteiger partial charge in [0.25, 0.3) is 0 Å². The minimum Gasteiger partial charge on any atom is -0.326 e. The molecule has 1 N–H and O–H groups in total. The lowest BCUT2D eigenvalue weighted by Crippen LogP contribution is -2.45. The molecule has 212 valence electrons. The number of piperidine rings is 2. The van der Waals surface area contributed by atoms with Crippen LogP contribution < -0.4 is 5.32 Å². The number of aryl methyl sites for hydroxylation is 2. The Labute approximate surface area is 239 Å². The van der Waals surface area contributed by atoms with Crippen LogP contribution in [0.3, 0.4) is 0 Å². The van der Waals surface area contributed by atoms with Gasteiger partial charge in [0.1, 0.15) is 11.6 Å². The third-order valence-corrected chi connectivity index (χ3v) is 8.75. The molecule has 0 saturated carbocycles. The van der Waals surface area contributed by atoms with Gasteiger partial charge in [0.15, 0.2) is 0 Å². The van der Waals surface area contributed by atoms with Crippen LogP contribution in [0, 0.1) is 19.3 Å². The molecule has 3 aromatic heterocycles. The summed E-state index contributed by atoms with van der Waals surface area (Å²) in [6, 6.07) is 4.32. The molecule has 0 aromatic carbocycles. The van der Waals surface area contributed by atoms with Crippen LogP contribution in [0.15, 0.2) is 43.4 Å². The first-order valence-electron chi connectivity index (χ1n) is 14.6. The van der Waals surface area contributed by atoms with Gasteiger partial charge in [-0.25, -0.2) is 19.9 Å². The van der Waals surface area contributed by atoms with Gasteiger partial charge in [0.2, 0.25) is 5.95 Å². The van der Waals surface area contributed by atoms with Gasteiger partial charge < -0.3 is 14.8 Å². The van der Waals surface area contributed by atoms with Crippen LogP contribution in [0.1, 0.15) is 73.9 Å². The van der Waals surface area contributed by atoms with E-state index in [4.69, 9.17) is 4.98 Å². The van der Waals surface area contributed by atoms with Crippen molar-refractivity contribution in [2.45, 2.75) is 66.0 Å². The van der Waals surface area contributed by atoms with Gasteiger partial charge in [0.05, 0.1) is 11.4 Å². The quantitative estimate of drug-likeness (QED) is 0.349. The van der Waals surface area contributed by atoms with E-state index in [-0.39, 0.29) is 0 Å². The number of imidazole rings is 1. The van der Waals surface area contributed by atoms with E-state index >= 15 is 0 Å². The van der Waals surface area contributed by atoms with Crippen LogP contribution in [-0.2, 0) is 6.54 Å². The maximum absolute atomic E-state index is 4.69. The average Bonchev–Trinajstić information content (AvgIpc) is 3.24. The third-order valence-electron chi connectivity index (χ3n) is 8.75. The lowest BCUT2D eigenvalue weighted by atomic mass is 9.71. The molecule has 0 radical (unpaired) electrons. The van der Waals surface area contributed by atoms with Crippen molar-refractivity contribution in [1.82, 2.24) is 34.3 Å². The van der Waals surface area contributed by atoms with E-state index in [1.54, 1.807) is 6.20 Å². The summed E-state index contributed by atoms with van der Waals surface area (Å²) in [6.45, 7) is 18.3. The Kier molecular flexibility index (Phi) is 8.47. The van der Waals surface area contributed by atoms with E-state index in [0.29, 0.717) is 23.2 Å². The molecule has 8 heteroatoms. The molecule has 0 bridgehead atoms. The van der Waals surface area contributed by atoms with Crippen molar-refractivity contribution in [3.8, 4) is 0 Å². The summed E-state index contributed by atoms with van der Waals surface area (Å²) in [5.74, 6) is 2.26. The number of nitrogens with zero attached hydrogens (tertiary/aromatic N) is 7. The molecule has 5 heterocycles. The summed E-state index contributed by atoms with van der Waals surface area (Å²) in [7, 11) is 2.25. The second-order valence-corrected chi connectivity index (χ2v) is 11.9. The Morgan fingerprint density at radius 2 is 1.73 bits per heavy atom. The lowest BCUT2D eigenvalue weighted by molar-refractivity contribution is 0.0400. The topological polar surface area (TPSA) is 75.0 Å². The van der Waals surface area contributed by atoms with Crippen molar-refractivity contribution in [3.63, 3.8) is 0 Å². The minimum atomic E-state index is 0.319. The summed E-state index contributed by atoms with van der Waals surface area (Å²) in [5, 5.41) is 3.28. The number of hydrogen-bond acceptors (Lipinski definition) is 7. The number of anilines is 2. The Balaban J connectivity index is 1.22. The first-order chi connectivity index (χ1) is 19.2. The molecule has 5 rings (SSSR count). The van der Waals surface area contributed by atoms with Gasteiger partial charge >= 0.3 is 0 Å². The summed E-state index contributed by atoms with van der Waals surface area (Å²) in [4.78, 5) is 23.4. The zero-order chi connectivity index (χ0) is 28.3. The van der Waals surface area contributed by atoms with E-state index in [0.717, 1.165) is 53.5 Å². The first kappa shape index (κ1) is 28.2. The van der Waals surface area contributed by atoms with Gasteiger partial charge in [-0.15, -0.1) is 0 Å². The number of nitrogens with one attached hydrogen (secondary N) is 1. The maximum atomic E-state index is 4.69. The molecule has 8 nitrogen and oxygen atoms in total. The van der Waals surface area contributed by atoms with Gasteiger partial charge in [-0.3, -0.25) is 4.90 Å². The second kappa shape index (κ2) is 12.0. The van der Waals surface area contributed by atoms with E-state index in [2.05, 4.69) is 82.0 Å². The Morgan fingerprint density at radius 1 is 1.05 bits per heavy atom. The molecular formula is C32H44N8. The Hall–Kier alpha value is -3.36. The average molecular weight is 541 g/mol. The van der Waals surface area contributed by atoms with E-state index < -0.39 is 0 Å². The Bertz CT molecular complexity index is 1340. The second-order valence-electron chi connectivity index (χ2n) is 11.9. The van der Waals surface area contributed by atoms with Crippen molar-refractivity contribution >= 4 is 23.4 Å². The van der Waals surface area contributed by atoms with Crippen molar-refractivity contribution in [2.24, 2.45) is 5.41 Å². The van der Waals surface area contributed by atoms with Crippen LogP contribution in [0.5, 0.6) is 0 Å². The Morgan fingerprint density at radius 3 is 2.38 bits per heavy atom. The van der Waals surface area contributed by atoms with Gasteiger partial charge in [0, 0.05) is 36.7 Å². The minimum absolute atomic E-state index is 0.319. The number of allylic oxidation sites excluding steroid dienone is 2. The molecule has 0 amide bonds. The van der Waals surface area contributed by atoms with Crippen LogP contribution >= 0.6 is 0 Å². The van der Waals surface area contributed by atoms with Gasteiger partial charge in [-0.2, -0.15) is 0 Å². The van der Waals surface area contributed by atoms with Crippen LogP contribution in [0.2, 0.25) is 0 Å². The molecule has 2 saturated heterocycles. The summed E-state index contributed by atoms with van der Waals surface area (Å²) in [6.07, 6.45) is 15.0. The van der Waals surface area contributed by atoms with E-state index in [1.807, 2.05) is 30.6 Å². The fourth-order valence-electron chi connectivity index (χ4n) is 6.27. The number of rotatable bonds is 8. The normalized spacial score (nSPS) is 18.4. The molecular weight excluding hydrogens is 496 g/mol. The molecule has 2 fully saturated rings. The molecule has 0 unspecified atom stereocenters. The largest absolute Gasteiger partial charge is 0.326 e. The highest BCUT2D eigenvalue weighted by Crippen LogP contribution is 2.41. The first-order valence-corrected chi connectivity index (χ1v) is 14.6. The fraction of sp³-hybridized carbons (Fsp3) is 0.500. The molecule has 2 aliphatic heterocycles. The van der Waals surface area contributed by atoms with Crippen molar-refractivity contribution in [3.05, 3.63) is 71.7 Å². The lowest BCUT2D eigenvalue weighted by Gasteiger charge is -2.46. The molecule has 40 heavy (non-hydrogen) atoms. The molecule has 0 atom stereocenters. The molecule has 2 aliphatic rings. The van der Waals surface area contributed by atoms with Crippen molar-refractivity contribution in [2.75, 3.05) is 38.5 Å². The van der Waals surface area contributed by atoms with Crippen molar-refractivity contribution < 1.29 is 0 Å². The fourth-order valence-corrected chi connectivity index (χ4v) is 6.27. The number of aromatic nitrogens is 5. The molecule has 1 spiro atoms. The van der Waals surface area contributed by atoms with Gasteiger partial charge in [-0.05, 0) is 121 Å². The number of pyridine rings is 1. The highest BCUT2D eigenvalue weighted by atomic mass is 15.2. The monoisotopic (exact) mass is 540 g/mol. The van der Waals surface area contributed by atoms with Gasteiger partial charge in [-0.1, -0.05) is 12.7 Å². The SMILES string of the molecule is C=C/C(=C\c1c(C)nc(C)n1C(C)C)c1ccnc(Nc2ncc(CN3CCC4(CCN(C)CC4)CC3)cn2)c1. The predicted octanol–water partition coefficient (Wildman–Crippen LogP) is 6.04. The summed E-state index contributed by atoms with van der Waals surface area (Å²) in [5.41, 5.74) is 5.86. The smallest absolute Gasteiger partial charge is 0.228 e. The number of hydrogen-bond donors (Lipinski definition) is 1. The zero-order valence-electron chi connectivity index (χ0n) is 24.8. The third kappa shape index (κ3) is 6.34. The van der Waals surface area contributed by atoms with E-state index in [1.165, 1.54) is 38.8 Å². The standard InChI is InChI=1S/C32H44N8/c1-7-27(18-29-24(4)36-25(5)40(29)23(2)3)28-8-13-33-30(19-28)37-31-34-20-26(21-35-31)22-39-16-11-32(12-17-39)9-14-38(6)15-10-32/h7-8,13,18-21,23H,1,9-12,14-17,22H2,2-6H3,(H,33,34,35,37)/b27-18+. The number of likely N-dealkylation sites (tertiary alicyclic amines) is 2. The van der Waals surface area contributed by atoms with Crippen LogP contribution in [0.4, 0.5) is 11.8 Å². The predicted molar refractivity (Wildman–Crippen MR) is 163 cm³/mol. The van der Waals surface area contributed by atoms with Crippen LogP contribution in [0.25, 0.3) is 11.6 Å².